The fourth-order valence-electron chi connectivity index (χ4n) is 2.95. The second-order valence-corrected chi connectivity index (χ2v) is 8.07. The maximum Gasteiger partial charge on any atom is 0.262 e. The lowest BCUT2D eigenvalue weighted by molar-refractivity contribution is -0.118. The minimum absolute atomic E-state index is 0.0765. The van der Waals surface area contributed by atoms with Gasteiger partial charge in [-0.3, -0.25) is 9.78 Å². The van der Waals surface area contributed by atoms with E-state index in [1.807, 2.05) is 30.3 Å². The van der Waals surface area contributed by atoms with Crippen LogP contribution >= 0.6 is 15.9 Å². The molecule has 0 fully saturated rings. The molecule has 0 radical (unpaired) electrons. The Morgan fingerprint density at radius 1 is 1.13 bits per heavy atom. The number of amides is 1. The number of hydrogen-bond donors (Lipinski definition) is 1. The first-order valence-corrected chi connectivity index (χ1v) is 10.3. The van der Waals surface area contributed by atoms with Crippen LogP contribution in [0.1, 0.15) is 25.3 Å². The quantitative estimate of drug-likeness (QED) is 0.389. The second-order valence-electron chi connectivity index (χ2n) is 7.15. The van der Waals surface area contributed by atoms with Crippen LogP contribution in [0.2, 0.25) is 0 Å². The van der Waals surface area contributed by atoms with E-state index in [9.17, 15) is 4.79 Å². The summed E-state index contributed by atoms with van der Waals surface area (Å²) in [7, 11) is 0. The van der Waals surface area contributed by atoms with Crippen LogP contribution in [0.15, 0.2) is 69.8 Å². The largest absolute Gasteiger partial charge is 0.484 e. The van der Waals surface area contributed by atoms with Crippen LogP contribution in [0.3, 0.4) is 0 Å². The number of hydrogen-bond acceptors (Lipinski definition) is 5. The first-order valence-electron chi connectivity index (χ1n) is 9.52. The average molecular weight is 466 g/mol. The first-order chi connectivity index (χ1) is 14.5. The highest BCUT2D eigenvalue weighted by Crippen LogP contribution is 2.27. The molecule has 0 saturated heterocycles. The highest BCUT2D eigenvalue weighted by molar-refractivity contribution is 9.10. The van der Waals surface area contributed by atoms with E-state index < -0.39 is 0 Å². The van der Waals surface area contributed by atoms with E-state index in [0.717, 1.165) is 10.0 Å². The third-order valence-corrected chi connectivity index (χ3v) is 4.97. The second kappa shape index (κ2) is 8.67. The molecule has 1 N–H and O–H groups in total. The number of rotatable bonds is 6. The molecule has 0 spiro atoms. The molecule has 0 aliphatic heterocycles. The standard InChI is InChI=1S/C23H20BrN3O3/c1-14(2)15-3-6-19(7-4-15)29-13-22(28)26-18-5-8-21-20(10-18)27-23(30-21)16-9-17(24)12-25-11-16/h3-12,14H,13H2,1-2H3,(H,26,28). The van der Waals surface area contributed by atoms with Crippen LogP contribution in [0.4, 0.5) is 5.69 Å². The number of ether oxygens (including phenoxy) is 1. The lowest BCUT2D eigenvalue weighted by Crippen LogP contribution is -2.20. The van der Waals surface area contributed by atoms with Crippen LogP contribution in [-0.4, -0.2) is 22.5 Å². The van der Waals surface area contributed by atoms with Crippen LogP contribution in [-0.2, 0) is 4.79 Å². The lowest BCUT2D eigenvalue weighted by atomic mass is 10.0. The third-order valence-electron chi connectivity index (χ3n) is 4.54. The van der Waals surface area contributed by atoms with Crippen LogP contribution in [0, 0.1) is 0 Å². The van der Waals surface area contributed by atoms with Crippen molar-refractivity contribution in [3.8, 4) is 17.2 Å². The van der Waals surface area contributed by atoms with Gasteiger partial charge >= 0.3 is 0 Å². The molecule has 152 valence electrons. The number of pyridine rings is 1. The highest BCUT2D eigenvalue weighted by Gasteiger charge is 2.11. The van der Waals surface area contributed by atoms with Gasteiger partial charge in [0.25, 0.3) is 5.91 Å². The summed E-state index contributed by atoms with van der Waals surface area (Å²) in [5.41, 5.74) is 3.89. The van der Waals surface area contributed by atoms with Gasteiger partial charge < -0.3 is 14.5 Å². The van der Waals surface area contributed by atoms with Crippen molar-refractivity contribution in [1.29, 1.82) is 0 Å². The van der Waals surface area contributed by atoms with Gasteiger partial charge in [-0.15, -0.1) is 0 Å². The predicted molar refractivity (Wildman–Crippen MR) is 120 cm³/mol. The third kappa shape index (κ3) is 4.68. The molecule has 30 heavy (non-hydrogen) atoms. The van der Waals surface area contributed by atoms with Crippen molar-refractivity contribution in [1.82, 2.24) is 9.97 Å². The van der Waals surface area contributed by atoms with Gasteiger partial charge in [0.2, 0.25) is 5.89 Å². The van der Waals surface area contributed by atoms with E-state index in [1.54, 1.807) is 30.6 Å². The van der Waals surface area contributed by atoms with Crippen LogP contribution < -0.4 is 10.1 Å². The number of oxazole rings is 1. The van der Waals surface area contributed by atoms with Gasteiger partial charge in [0.05, 0.1) is 5.56 Å². The Morgan fingerprint density at radius 2 is 1.93 bits per heavy atom. The molecule has 7 heteroatoms. The van der Waals surface area contributed by atoms with Gasteiger partial charge in [-0.1, -0.05) is 26.0 Å². The summed E-state index contributed by atoms with van der Waals surface area (Å²) in [6.45, 7) is 4.19. The molecular weight excluding hydrogens is 446 g/mol. The summed E-state index contributed by atoms with van der Waals surface area (Å²) in [5.74, 6) is 1.33. The van der Waals surface area contributed by atoms with Crippen molar-refractivity contribution in [2.75, 3.05) is 11.9 Å². The van der Waals surface area contributed by atoms with Crippen molar-refractivity contribution in [3.63, 3.8) is 0 Å². The number of nitrogens with one attached hydrogen (secondary N) is 1. The van der Waals surface area contributed by atoms with Crippen molar-refractivity contribution >= 4 is 38.6 Å². The Bertz CT molecular complexity index is 1190. The summed E-state index contributed by atoms with van der Waals surface area (Å²) in [4.78, 5) is 20.9. The number of nitrogens with zero attached hydrogens (tertiary/aromatic N) is 2. The van der Waals surface area contributed by atoms with Gasteiger partial charge in [-0.25, -0.2) is 4.98 Å². The molecule has 1 amide bonds. The summed E-state index contributed by atoms with van der Waals surface area (Å²) in [6.07, 6.45) is 3.38. The van der Waals surface area contributed by atoms with E-state index in [2.05, 4.69) is 45.1 Å². The predicted octanol–water partition coefficient (Wildman–Crippen LogP) is 5.79. The van der Waals surface area contributed by atoms with Gasteiger partial charge in [0, 0.05) is 22.6 Å². The molecule has 0 bridgehead atoms. The molecule has 0 atom stereocenters. The molecule has 6 nitrogen and oxygen atoms in total. The molecule has 4 aromatic rings. The number of fused-ring (bicyclic) bond motifs is 1. The zero-order chi connectivity index (χ0) is 21.1. The maximum absolute atomic E-state index is 12.3. The van der Waals surface area contributed by atoms with Gasteiger partial charge in [-0.2, -0.15) is 0 Å². The monoisotopic (exact) mass is 465 g/mol. The first kappa shape index (κ1) is 20.1. The Hall–Kier alpha value is -3.19. The molecule has 4 rings (SSSR count). The van der Waals surface area contributed by atoms with Crippen molar-refractivity contribution in [3.05, 3.63) is 71.0 Å². The number of anilines is 1. The number of carbonyl (C=O) groups excluding carboxylic acids is 1. The fraction of sp³-hybridized carbons (Fsp3) is 0.174. The van der Waals surface area contributed by atoms with E-state index in [0.29, 0.717) is 34.3 Å². The summed E-state index contributed by atoms with van der Waals surface area (Å²) in [6, 6.07) is 15.0. The molecule has 2 heterocycles. The van der Waals surface area contributed by atoms with E-state index in [1.165, 1.54) is 5.56 Å². The average Bonchev–Trinajstić information content (AvgIpc) is 3.16. The van der Waals surface area contributed by atoms with Crippen LogP contribution in [0.25, 0.3) is 22.6 Å². The van der Waals surface area contributed by atoms with Crippen molar-refractivity contribution < 1.29 is 13.9 Å². The van der Waals surface area contributed by atoms with Crippen molar-refractivity contribution in [2.24, 2.45) is 0 Å². The zero-order valence-corrected chi connectivity index (χ0v) is 18.1. The van der Waals surface area contributed by atoms with E-state index >= 15 is 0 Å². The van der Waals surface area contributed by atoms with Gasteiger partial charge in [0.1, 0.15) is 11.3 Å². The maximum atomic E-state index is 12.3. The molecule has 2 aromatic heterocycles. The Labute approximate surface area is 182 Å². The molecule has 0 aliphatic rings. The van der Waals surface area contributed by atoms with Crippen molar-refractivity contribution in [2.45, 2.75) is 19.8 Å². The summed E-state index contributed by atoms with van der Waals surface area (Å²) in [5, 5.41) is 2.83. The minimum Gasteiger partial charge on any atom is -0.484 e. The summed E-state index contributed by atoms with van der Waals surface area (Å²) >= 11 is 3.39. The zero-order valence-electron chi connectivity index (χ0n) is 16.6. The normalized spacial score (nSPS) is 11.1. The summed E-state index contributed by atoms with van der Waals surface area (Å²) < 4.78 is 12.2. The van der Waals surface area contributed by atoms with Crippen LogP contribution in [0.5, 0.6) is 5.75 Å². The van der Waals surface area contributed by atoms with E-state index in [4.69, 9.17) is 9.15 Å². The SMILES string of the molecule is CC(C)c1ccc(OCC(=O)Nc2ccc3oc(-c4cncc(Br)c4)nc3c2)cc1. The Kier molecular flexibility index (Phi) is 5.81. The van der Waals surface area contributed by atoms with Gasteiger partial charge in [0.15, 0.2) is 12.2 Å². The Balaban J connectivity index is 1.41. The molecule has 0 saturated carbocycles. The molecular formula is C23H20BrN3O3. The smallest absolute Gasteiger partial charge is 0.262 e. The minimum atomic E-state index is -0.248. The van der Waals surface area contributed by atoms with Gasteiger partial charge in [-0.05, 0) is 63.8 Å². The topological polar surface area (TPSA) is 77.2 Å². The number of benzene rings is 2. The lowest BCUT2D eigenvalue weighted by Gasteiger charge is -2.09. The Morgan fingerprint density at radius 3 is 2.67 bits per heavy atom. The number of aromatic nitrogens is 2. The molecule has 2 aromatic carbocycles. The highest BCUT2D eigenvalue weighted by atomic mass is 79.9. The molecule has 0 unspecified atom stereocenters. The number of halogens is 1. The van der Waals surface area contributed by atoms with E-state index in [-0.39, 0.29) is 12.5 Å². The fourth-order valence-corrected chi connectivity index (χ4v) is 3.32. The number of carbonyl (C=O) groups is 1. The molecule has 0 aliphatic carbocycles.